The normalized spacial score (nSPS) is 13.1. The van der Waals surface area contributed by atoms with Gasteiger partial charge in [-0.25, -0.2) is 0 Å². The van der Waals surface area contributed by atoms with Gasteiger partial charge in [0.15, 0.2) is 6.10 Å². The number of esters is 1. The Bertz CT molecular complexity index is 1020. The molecule has 3 rings (SSSR count). The number of nitrogens with one attached hydrogen (secondary N) is 1. The zero-order chi connectivity index (χ0) is 21.7. The van der Waals surface area contributed by atoms with E-state index in [1.165, 1.54) is 5.56 Å². The summed E-state index contributed by atoms with van der Waals surface area (Å²) in [6.45, 7) is 7.59. The van der Waals surface area contributed by atoms with Crippen molar-refractivity contribution >= 4 is 22.8 Å². The number of rotatable bonds is 8. The van der Waals surface area contributed by atoms with Crippen LogP contribution in [0.25, 0.3) is 11.0 Å². The number of fused-ring (bicyclic) bond motifs is 1. The largest absolute Gasteiger partial charge is 0.464 e. The van der Waals surface area contributed by atoms with Gasteiger partial charge in [-0.05, 0) is 69.4 Å². The molecule has 0 saturated heterocycles. The number of benzene rings is 2. The second-order valence-electron chi connectivity index (χ2n) is 7.94. The van der Waals surface area contributed by atoms with Gasteiger partial charge in [0.2, 0.25) is 0 Å². The molecular weight excluding hydrogens is 378 g/mol. The van der Waals surface area contributed by atoms with E-state index in [2.05, 4.69) is 17.4 Å². The van der Waals surface area contributed by atoms with E-state index in [1.54, 1.807) is 13.2 Å². The third-order valence-corrected chi connectivity index (χ3v) is 5.38. The topological polar surface area (TPSA) is 68.5 Å². The Labute approximate surface area is 177 Å². The summed E-state index contributed by atoms with van der Waals surface area (Å²) in [6, 6.07) is 14.1. The van der Waals surface area contributed by atoms with Crippen LogP contribution >= 0.6 is 0 Å². The molecule has 0 aliphatic carbocycles. The zero-order valence-electron chi connectivity index (χ0n) is 18.0. The van der Waals surface area contributed by atoms with Gasteiger partial charge in [0.25, 0.3) is 5.91 Å². The van der Waals surface area contributed by atoms with Crippen molar-refractivity contribution in [1.82, 2.24) is 5.32 Å². The number of hydrogen-bond donors (Lipinski definition) is 1. The molecule has 1 amide bonds. The molecule has 1 aromatic heterocycles. The predicted molar refractivity (Wildman–Crippen MR) is 117 cm³/mol. The van der Waals surface area contributed by atoms with Crippen LogP contribution in [-0.2, 0) is 27.2 Å². The van der Waals surface area contributed by atoms with Crippen LogP contribution in [0.15, 0.2) is 53.1 Å². The fourth-order valence-electron chi connectivity index (χ4n) is 3.38. The average Bonchev–Trinajstić information content (AvgIpc) is 3.08. The van der Waals surface area contributed by atoms with Crippen LogP contribution in [0.5, 0.6) is 0 Å². The minimum atomic E-state index is -0.848. The van der Waals surface area contributed by atoms with E-state index in [0.29, 0.717) is 0 Å². The number of amides is 1. The van der Waals surface area contributed by atoms with Crippen LogP contribution in [-0.4, -0.2) is 24.0 Å². The smallest absolute Gasteiger partial charge is 0.311 e. The van der Waals surface area contributed by atoms with Gasteiger partial charge in [-0.2, -0.15) is 0 Å². The molecule has 5 heteroatoms. The first-order valence-electron chi connectivity index (χ1n) is 10.3. The minimum Gasteiger partial charge on any atom is -0.464 e. The van der Waals surface area contributed by atoms with Crippen molar-refractivity contribution in [3.05, 3.63) is 71.0 Å². The van der Waals surface area contributed by atoms with Crippen molar-refractivity contribution in [3.63, 3.8) is 0 Å². The Morgan fingerprint density at radius 1 is 1.07 bits per heavy atom. The van der Waals surface area contributed by atoms with Gasteiger partial charge in [0.05, 0.1) is 12.7 Å². The van der Waals surface area contributed by atoms with E-state index in [9.17, 15) is 9.59 Å². The summed E-state index contributed by atoms with van der Waals surface area (Å²) in [6.07, 6.45) is 2.50. The van der Waals surface area contributed by atoms with Crippen molar-refractivity contribution < 1.29 is 18.7 Å². The first-order chi connectivity index (χ1) is 14.3. The summed E-state index contributed by atoms with van der Waals surface area (Å²) < 4.78 is 10.9. The third-order valence-electron chi connectivity index (χ3n) is 5.38. The number of hydrogen-bond acceptors (Lipinski definition) is 4. The summed E-state index contributed by atoms with van der Waals surface area (Å²) in [5.41, 5.74) is 5.02. The first-order valence-corrected chi connectivity index (χ1v) is 10.3. The van der Waals surface area contributed by atoms with Crippen LogP contribution in [0.4, 0.5) is 0 Å². The van der Waals surface area contributed by atoms with Crippen LogP contribution in [0, 0.1) is 13.8 Å². The highest BCUT2D eigenvalue weighted by Crippen LogP contribution is 2.25. The van der Waals surface area contributed by atoms with Gasteiger partial charge in [0, 0.05) is 17.0 Å². The number of aryl methyl sites for hydroxylation is 3. The Hall–Kier alpha value is -3.08. The summed E-state index contributed by atoms with van der Waals surface area (Å²) in [4.78, 5) is 24.8. The molecule has 1 N–H and O–H groups in total. The van der Waals surface area contributed by atoms with Crippen LogP contribution in [0.1, 0.15) is 42.5 Å². The molecule has 1 heterocycles. The molecule has 0 aliphatic rings. The summed E-state index contributed by atoms with van der Waals surface area (Å²) >= 11 is 0. The maximum atomic E-state index is 12.4. The highest BCUT2D eigenvalue weighted by atomic mass is 16.5. The van der Waals surface area contributed by atoms with Crippen molar-refractivity contribution in [2.24, 2.45) is 0 Å². The lowest BCUT2D eigenvalue weighted by molar-refractivity contribution is -0.154. The first kappa shape index (κ1) is 21.6. The number of carbonyl (C=O) groups excluding carboxylic acids is 2. The Morgan fingerprint density at radius 3 is 2.50 bits per heavy atom. The molecule has 3 aromatic rings. The van der Waals surface area contributed by atoms with E-state index in [1.807, 2.05) is 51.1 Å². The van der Waals surface area contributed by atoms with Crippen LogP contribution in [0.3, 0.4) is 0 Å². The predicted octanol–water partition coefficient (Wildman–Crippen LogP) is 4.66. The van der Waals surface area contributed by atoms with Crippen molar-refractivity contribution in [2.45, 2.75) is 59.1 Å². The van der Waals surface area contributed by atoms with Gasteiger partial charge in [0.1, 0.15) is 5.58 Å². The van der Waals surface area contributed by atoms with E-state index >= 15 is 0 Å². The highest BCUT2D eigenvalue weighted by Gasteiger charge is 2.21. The monoisotopic (exact) mass is 407 g/mol. The van der Waals surface area contributed by atoms with Gasteiger partial charge in [-0.15, -0.1) is 0 Å². The van der Waals surface area contributed by atoms with Gasteiger partial charge < -0.3 is 14.5 Å². The molecule has 0 saturated carbocycles. The maximum absolute atomic E-state index is 12.4. The molecule has 158 valence electrons. The Kier molecular flexibility index (Phi) is 6.93. The van der Waals surface area contributed by atoms with Gasteiger partial charge in [-0.1, -0.05) is 30.3 Å². The number of ether oxygens (including phenoxy) is 1. The molecular formula is C25H29NO4. The molecule has 2 atom stereocenters. The average molecular weight is 408 g/mol. The van der Waals surface area contributed by atoms with E-state index in [0.717, 1.165) is 40.5 Å². The molecule has 2 aromatic carbocycles. The lowest BCUT2D eigenvalue weighted by Gasteiger charge is -2.18. The summed E-state index contributed by atoms with van der Waals surface area (Å²) in [5.74, 6) is -0.733. The summed E-state index contributed by atoms with van der Waals surface area (Å²) in [7, 11) is 0. The molecule has 0 bridgehead atoms. The van der Waals surface area contributed by atoms with E-state index < -0.39 is 12.1 Å². The highest BCUT2D eigenvalue weighted by molar-refractivity contribution is 5.88. The lowest BCUT2D eigenvalue weighted by Crippen LogP contribution is -2.41. The minimum absolute atomic E-state index is 0.0112. The standard InChI is InChI=1S/C25H29NO4/c1-16-12-22-21(15-29-23(22)13-17(16)2)14-24(27)30-19(4)25(28)26-18(3)10-11-20-8-6-5-7-9-20/h5-9,12-13,15,18-19H,10-11,14H2,1-4H3,(H,26,28)/t18-,19-/m0/s1. The molecule has 0 spiro atoms. The van der Waals surface area contributed by atoms with Crippen molar-refractivity contribution in [3.8, 4) is 0 Å². The molecule has 5 nitrogen and oxygen atoms in total. The molecule has 0 radical (unpaired) electrons. The fraction of sp³-hybridized carbons (Fsp3) is 0.360. The van der Waals surface area contributed by atoms with Crippen LogP contribution in [0.2, 0.25) is 0 Å². The fourth-order valence-corrected chi connectivity index (χ4v) is 3.38. The third kappa shape index (κ3) is 5.50. The van der Waals surface area contributed by atoms with Crippen molar-refractivity contribution in [2.75, 3.05) is 0 Å². The van der Waals surface area contributed by atoms with Crippen molar-refractivity contribution in [1.29, 1.82) is 0 Å². The number of carbonyl (C=O) groups is 2. The zero-order valence-corrected chi connectivity index (χ0v) is 18.0. The number of furan rings is 1. The van der Waals surface area contributed by atoms with E-state index in [4.69, 9.17) is 9.15 Å². The molecule has 0 fully saturated rings. The van der Waals surface area contributed by atoms with Gasteiger partial charge >= 0.3 is 5.97 Å². The second-order valence-corrected chi connectivity index (χ2v) is 7.94. The Morgan fingerprint density at radius 2 is 1.77 bits per heavy atom. The lowest BCUT2D eigenvalue weighted by atomic mass is 10.0. The quantitative estimate of drug-likeness (QED) is 0.552. The molecule has 0 unspecified atom stereocenters. The maximum Gasteiger partial charge on any atom is 0.311 e. The van der Waals surface area contributed by atoms with Crippen LogP contribution < -0.4 is 5.32 Å². The molecule has 0 aliphatic heterocycles. The summed E-state index contributed by atoms with van der Waals surface area (Å²) in [5, 5.41) is 3.83. The SMILES string of the molecule is Cc1cc2occ(CC(=O)O[C@@H](C)C(=O)N[C@@H](C)CCc3ccccc3)c2cc1C. The van der Waals surface area contributed by atoms with Gasteiger partial charge in [-0.3, -0.25) is 9.59 Å². The Balaban J connectivity index is 1.50. The second kappa shape index (κ2) is 9.61. The van der Waals surface area contributed by atoms with E-state index in [-0.39, 0.29) is 18.4 Å². The molecule has 30 heavy (non-hydrogen) atoms.